The molecule has 0 spiro atoms. The number of aryl methyl sites for hydroxylation is 1. The predicted molar refractivity (Wildman–Crippen MR) is 53.7 cm³/mol. The van der Waals surface area contributed by atoms with Crippen LogP contribution in [-0.4, -0.2) is 13.0 Å². The average molecular weight is 223 g/mol. The molecule has 0 aliphatic heterocycles. The molecule has 0 atom stereocenters. The van der Waals surface area contributed by atoms with Crippen molar-refractivity contribution in [3.05, 3.63) is 35.4 Å². The minimum absolute atomic E-state index is 0. The van der Waals surface area contributed by atoms with Gasteiger partial charge in [0.05, 0.1) is 0 Å². The molecule has 0 aliphatic rings. The Balaban J connectivity index is 0.00000144. The van der Waals surface area contributed by atoms with Gasteiger partial charge >= 0.3 is 0 Å². The average Bonchev–Trinajstić information content (AvgIpc) is 1.91. The van der Waals surface area contributed by atoms with Crippen LogP contribution in [-0.2, 0) is 15.9 Å². The second-order valence-electron chi connectivity index (χ2n) is 2.71. The van der Waals surface area contributed by atoms with Crippen molar-refractivity contribution in [2.24, 2.45) is 0 Å². The van der Waals surface area contributed by atoms with Crippen molar-refractivity contribution in [1.82, 2.24) is 0 Å². The van der Waals surface area contributed by atoms with Crippen LogP contribution in [0.5, 0.6) is 0 Å². The third-order valence-corrected chi connectivity index (χ3v) is 2.17. The largest absolute Gasteiger partial charge is 0.285 e. The molecule has 5 heteroatoms. The summed E-state index contributed by atoms with van der Waals surface area (Å²) in [7, 11) is -3.89. The summed E-state index contributed by atoms with van der Waals surface area (Å²) in [6.45, 7) is 1.91. The van der Waals surface area contributed by atoms with Crippen LogP contribution in [0.25, 0.3) is 0 Å². The van der Waals surface area contributed by atoms with E-state index in [-0.39, 0.29) is 18.2 Å². The second-order valence-corrected chi connectivity index (χ2v) is 4.16. The molecule has 0 unspecified atom stereocenters. The summed E-state index contributed by atoms with van der Waals surface area (Å²) >= 11 is 0. The van der Waals surface area contributed by atoms with Gasteiger partial charge < -0.3 is 0 Å². The van der Waals surface area contributed by atoms with Gasteiger partial charge in [-0.25, -0.2) is 0 Å². The van der Waals surface area contributed by atoms with Crippen LogP contribution in [0.4, 0.5) is 0 Å². The lowest BCUT2D eigenvalue weighted by molar-refractivity contribution is 0.482. The SMILES string of the molecule is Cc1ccc(CS(=O)(=O)O)cc1.Cl. The van der Waals surface area contributed by atoms with Crippen molar-refractivity contribution in [1.29, 1.82) is 0 Å². The van der Waals surface area contributed by atoms with Crippen molar-refractivity contribution >= 4 is 22.5 Å². The third-order valence-electron chi connectivity index (χ3n) is 1.47. The first-order valence-corrected chi connectivity index (χ1v) is 5.09. The van der Waals surface area contributed by atoms with E-state index in [0.29, 0.717) is 5.56 Å². The molecule has 0 fully saturated rings. The molecule has 13 heavy (non-hydrogen) atoms. The Hall–Kier alpha value is -0.580. The highest BCUT2D eigenvalue weighted by molar-refractivity contribution is 7.85. The molecule has 0 saturated carbocycles. The summed E-state index contributed by atoms with van der Waals surface area (Å²) in [5.41, 5.74) is 1.66. The number of rotatable bonds is 2. The summed E-state index contributed by atoms with van der Waals surface area (Å²) in [4.78, 5) is 0. The van der Waals surface area contributed by atoms with Crippen LogP contribution in [0.3, 0.4) is 0 Å². The Morgan fingerprint density at radius 3 is 2.08 bits per heavy atom. The van der Waals surface area contributed by atoms with Crippen LogP contribution in [0.2, 0.25) is 0 Å². The van der Waals surface area contributed by atoms with E-state index in [1.165, 1.54) is 0 Å². The summed E-state index contributed by atoms with van der Waals surface area (Å²) in [6, 6.07) is 6.98. The minimum Gasteiger partial charge on any atom is -0.285 e. The van der Waals surface area contributed by atoms with Gasteiger partial charge in [-0.05, 0) is 12.5 Å². The molecule has 1 aromatic carbocycles. The number of hydrogen-bond donors (Lipinski definition) is 1. The Bertz CT molecular complexity index is 355. The molecule has 0 amide bonds. The Labute approximate surface area is 83.9 Å². The maximum absolute atomic E-state index is 10.4. The molecule has 1 aromatic rings. The molecular weight excluding hydrogens is 212 g/mol. The fraction of sp³-hybridized carbons (Fsp3) is 0.250. The highest BCUT2D eigenvalue weighted by Crippen LogP contribution is 2.06. The summed E-state index contributed by atoms with van der Waals surface area (Å²) in [5.74, 6) is -0.312. The molecule has 1 rings (SSSR count). The van der Waals surface area contributed by atoms with Gasteiger partial charge in [-0.15, -0.1) is 12.4 Å². The highest BCUT2D eigenvalue weighted by Gasteiger charge is 2.04. The van der Waals surface area contributed by atoms with Crippen molar-refractivity contribution in [3.8, 4) is 0 Å². The quantitative estimate of drug-likeness (QED) is 0.777. The Kier molecular flexibility index (Phi) is 4.39. The van der Waals surface area contributed by atoms with E-state index >= 15 is 0 Å². The number of hydrogen-bond acceptors (Lipinski definition) is 2. The van der Waals surface area contributed by atoms with Crippen LogP contribution in [0.1, 0.15) is 11.1 Å². The zero-order valence-corrected chi connectivity index (χ0v) is 8.73. The number of halogens is 1. The normalized spacial score (nSPS) is 10.6. The topological polar surface area (TPSA) is 54.4 Å². The highest BCUT2D eigenvalue weighted by atomic mass is 35.5. The van der Waals surface area contributed by atoms with Gasteiger partial charge in [-0.3, -0.25) is 4.55 Å². The predicted octanol–water partition coefficient (Wildman–Crippen LogP) is 1.80. The molecule has 3 nitrogen and oxygen atoms in total. The van der Waals surface area contributed by atoms with Crippen LogP contribution in [0.15, 0.2) is 24.3 Å². The van der Waals surface area contributed by atoms with E-state index in [1.807, 2.05) is 6.92 Å². The molecule has 0 aliphatic carbocycles. The zero-order valence-electron chi connectivity index (χ0n) is 7.10. The first-order chi connectivity index (χ1) is 5.47. The summed E-state index contributed by atoms with van der Waals surface area (Å²) in [6.07, 6.45) is 0. The molecule has 0 saturated heterocycles. The van der Waals surface area contributed by atoms with E-state index < -0.39 is 10.1 Å². The third kappa shape index (κ3) is 4.87. The van der Waals surface area contributed by atoms with E-state index in [1.54, 1.807) is 24.3 Å². The molecule has 0 heterocycles. The fourth-order valence-corrected chi connectivity index (χ4v) is 1.51. The Morgan fingerprint density at radius 1 is 1.23 bits per heavy atom. The first-order valence-electron chi connectivity index (χ1n) is 3.48. The lowest BCUT2D eigenvalue weighted by Crippen LogP contribution is -2.01. The van der Waals surface area contributed by atoms with Gasteiger partial charge in [-0.1, -0.05) is 29.8 Å². The maximum atomic E-state index is 10.4. The van der Waals surface area contributed by atoms with Crippen molar-refractivity contribution in [3.63, 3.8) is 0 Å². The minimum atomic E-state index is -3.89. The maximum Gasteiger partial charge on any atom is 0.269 e. The van der Waals surface area contributed by atoms with Crippen molar-refractivity contribution in [2.75, 3.05) is 0 Å². The zero-order chi connectivity index (χ0) is 9.19. The summed E-state index contributed by atoms with van der Waals surface area (Å²) < 4.78 is 29.4. The molecule has 74 valence electrons. The van der Waals surface area contributed by atoms with Gasteiger partial charge in [-0.2, -0.15) is 8.42 Å². The molecule has 1 N–H and O–H groups in total. The molecule has 0 aromatic heterocycles. The van der Waals surface area contributed by atoms with E-state index in [4.69, 9.17) is 4.55 Å². The molecule has 0 radical (unpaired) electrons. The van der Waals surface area contributed by atoms with Crippen molar-refractivity contribution in [2.45, 2.75) is 12.7 Å². The van der Waals surface area contributed by atoms with Gasteiger partial charge in [0.2, 0.25) is 0 Å². The van der Waals surface area contributed by atoms with Gasteiger partial charge in [0, 0.05) is 0 Å². The van der Waals surface area contributed by atoms with Crippen LogP contribution in [0, 0.1) is 6.92 Å². The Morgan fingerprint density at radius 2 is 1.69 bits per heavy atom. The lowest BCUT2D eigenvalue weighted by Gasteiger charge is -1.97. The fourth-order valence-electron chi connectivity index (χ4n) is 0.895. The van der Waals surface area contributed by atoms with E-state index in [0.717, 1.165) is 5.56 Å². The standard InChI is InChI=1S/C8H10O3S.ClH/c1-7-2-4-8(5-3-7)6-12(9,10)11;/h2-5H,6H2,1H3,(H,9,10,11);1H. The smallest absolute Gasteiger partial charge is 0.269 e. The van der Waals surface area contributed by atoms with Gasteiger partial charge in [0.25, 0.3) is 10.1 Å². The summed E-state index contributed by atoms with van der Waals surface area (Å²) in [5, 5.41) is 0. The van der Waals surface area contributed by atoms with E-state index in [9.17, 15) is 8.42 Å². The lowest BCUT2D eigenvalue weighted by atomic mass is 10.2. The van der Waals surface area contributed by atoms with E-state index in [2.05, 4.69) is 0 Å². The molecular formula is C8H11ClO3S. The van der Waals surface area contributed by atoms with Crippen molar-refractivity contribution < 1.29 is 13.0 Å². The van der Waals surface area contributed by atoms with Crippen LogP contribution >= 0.6 is 12.4 Å². The first kappa shape index (κ1) is 12.4. The van der Waals surface area contributed by atoms with Gasteiger partial charge in [0.15, 0.2) is 0 Å². The number of benzene rings is 1. The van der Waals surface area contributed by atoms with Gasteiger partial charge in [0.1, 0.15) is 5.75 Å². The molecule has 0 bridgehead atoms. The monoisotopic (exact) mass is 222 g/mol. The van der Waals surface area contributed by atoms with Crippen LogP contribution < -0.4 is 0 Å². The second kappa shape index (κ2) is 4.60.